The molecule has 0 aromatic heterocycles. The third kappa shape index (κ3) is 6.68. The van der Waals surface area contributed by atoms with Gasteiger partial charge in [0.2, 0.25) is 10.0 Å². The number of rotatable bonds is 6. The molecule has 3 N–H and O–H groups in total. The van der Waals surface area contributed by atoms with Crippen molar-refractivity contribution in [2.45, 2.75) is 52.2 Å². The van der Waals surface area contributed by atoms with Crippen LogP contribution in [0.4, 0.5) is 0 Å². The second-order valence-electron chi connectivity index (χ2n) is 6.29. The molecule has 1 saturated heterocycles. The van der Waals surface area contributed by atoms with E-state index in [2.05, 4.69) is 25.5 Å². The number of hydrogen-bond acceptors (Lipinski definition) is 4. The van der Waals surface area contributed by atoms with E-state index in [9.17, 15) is 8.42 Å². The Morgan fingerprint density at radius 3 is 2.61 bits per heavy atom. The van der Waals surface area contributed by atoms with Crippen LogP contribution in [0.1, 0.15) is 40.0 Å². The first-order valence-electron chi connectivity index (χ1n) is 6.52. The first-order chi connectivity index (χ1) is 8.18. The molecule has 1 rings (SSSR count). The SMILES string of the molecule is CC(C)(C)CC(N)CNS(=O)(=O)CC1CCCO1. The predicted molar refractivity (Wildman–Crippen MR) is 72.8 cm³/mol. The topological polar surface area (TPSA) is 81.4 Å². The number of sulfonamides is 1. The summed E-state index contributed by atoms with van der Waals surface area (Å²) in [6.07, 6.45) is 2.41. The molecule has 5 nitrogen and oxygen atoms in total. The van der Waals surface area contributed by atoms with Crippen molar-refractivity contribution in [3.63, 3.8) is 0 Å². The van der Waals surface area contributed by atoms with Crippen molar-refractivity contribution in [1.29, 1.82) is 0 Å². The lowest BCUT2D eigenvalue weighted by Crippen LogP contribution is -2.41. The molecule has 0 radical (unpaired) electrons. The van der Waals surface area contributed by atoms with Gasteiger partial charge < -0.3 is 10.5 Å². The first-order valence-corrected chi connectivity index (χ1v) is 8.18. The van der Waals surface area contributed by atoms with Crippen molar-refractivity contribution in [3.8, 4) is 0 Å². The van der Waals surface area contributed by atoms with Crippen LogP contribution in [0.2, 0.25) is 0 Å². The number of nitrogens with one attached hydrogen (secondary N) is 1. The largest absolute Gasteiger partial charge is 0.377 e. The highest BCUT2D eigenvalue weighted by molar-refractivity contribution is 7.89. The Morgan fingerprint density at radius 2 is 2.11 bits per heavy atom. The zero-order valence-electron chi connectivity index (χ0n) is 11.6. The molecule has 0 aromatic carbocycles. The lowest BCUT2D eigenvalue weighted by molar-refractivity contribution is 0.127. The minimum atomic E-state index is -3.27. The highest BCUT2D eigenvalue weighted by Gasteiger charge is 2.24. The molecule has 0 spiro atoms. The lowest BCUT2D eigenvalue weighted by Gasteiger charge is -2.23. The van der Waals surface area contributed by atoms with Gasteiger partial charge in [-0.15, -0.1) is 0 Å². The Labute approximate surface area is 111 Å². The van der Waals surface area contributed by atoms with Gasteiger partial charge in [-0.05, 0) is 24.7 Å². The van der Waals surface area contributed by atoms with E-state index in [1.807, 2.05) is 0 Å². The van der Waals surface area contributed by atoms with Crippen LogP contribution in [0.25, 0.3) is 0 Å². The molecule has 0 amide bonds. The molecular weight excluding hydrogens is 252 g/mol. The van der Waals surface area contributed by atoms with E-state index in [4.69, 9.17) is 10.5 Å². The molecule has 1 aliphatic rings. The first kappa shape index (κ1) is 15.9. The van der Waals surface area contributed by atoms with Gasteiger partial charge in [0.25, 0.3) is 0 Å². The second kappa shape index (κ2) is 6.32. The van der Waals surface area contributed by atoms with Gasteiger partial charge in [-0.2, -0.15) is 0 Å². The Morgan fingerprint density at radius 1 is 1.44 bits per heavy atom. The summed E-state index contributed by atoms with van der Waals surface area (Å²) < 4.78 is 31.5. The molecule has 1 aliphatic heterocycles. The maximum atomic E-state index is 11.8. The van der Waals surface area contributed by atoms with Crippen LogP contribution < -0.4 is 10.5 Å². The van der Waals surface area contributed by atoms with Crippen LogP contribution in [0.15, 0.2) is 0 Å². The third-order valence-corrected chi connectivity index (χ3v) is 4.29. The molecule has 6 heteroatoms. The summed E-state index contributed by atoms with van der Waals surface area (Å²) in [5.41, 5.74) is 6.03. The maximum absolute atomic E-state index is 11.8. The molecular formula is C12H26N2O3S. The molecule has 0 bridgehead atoms. The molecule has 2 unspecified atom stereocenters. The average molecular weight is 278 g/mol. The number of nitrogens with two attached hydrogens (primary N) is 1. The zero-order valence-corrected chi connectivity index (χ0v) is 12.4. The molecule has 18 heavy (non-hydrogen) atoms. The average Bonchev–Trinajstić information content (AvgIpc) is 2.64. The van der Waals surface area contributed by atoms with E-state index in [1.54, 1.807) is 0 Å². The van der Waals surface area contributed by atoms with Crippen molar-refractivity contribution in [2.75, 3.05) is 18.9 Å². The van der Waals surface area contributed by atoms with Crippen molar-refractivity contribution in [1.82, 2.24) is 4.72 Å². The van der Waals surface area contributed by atoms with Gasteiger partial charge in [-0.3, -0.25) is 0 Å². The van der Waals surface area contributed by atoms with Gasteiger partial charge in [0.15, 0.2) is 0 Å². The Bertz CT molecular complexity index is 343. The van der Waals surface area contributed by atoms with E-state index >= 15 is 0 Å². The zero-order chi connectivity index (χ0) is 13.8. The number of hydrogen-bond donors (Lipinski definition) is 2. The fourth-order valence-electron chi connectivity index (χ4n) is 2.17. The van der Waals surface area contributed by atoms with Crippen molar-refractivity contribution in [2.24, 2.45) is 11.1 Å². The van der Waals surface area contributed by atoms with Crippen LogP contribution in [0, 0.1) is 5.41 Å². The highest BCUT2D eigenvalue weighted by Crippen LogP contribution is 2.19. The Balaban J connectivity index is 2.32. The van der Waals surface area contributed by atoms with Crippen LogP contribution >= 0.6 is 0 Å². The maximum Gasteiger partial charge on any atom is 0.214 e. The molecule has 2 atom stereocenters. The second-order valence-corrected chi connectivity index (χ2v) is 8.14. The summed E-state index contributed by atoms with van der Waals surface area (Å²) in [4.78, 5) is 0. The molecule has 1 heterocycles. The Hall–Kier alpha value is -0.170. The van der Waals surface area contributed by atoms with E-state index in [0.717, 1.165) is 19.3 Å². The normalized spacial score (nSPS) is 23.2. The van der Waals surface area contributed by atoms with Gasteiger partial charge in [-0.25, -0.2) is 13.1 Å². The summed E-state index contributed by atoms with van der Waals surface area (Å²) in [7, 11) is -3.27. The van der Waals surface area contributed by atoms with Gasteiger partial charge in [-0.1, -0.05) is 20.8 Å². The fourth-order valence-corrected chi connectivity index (χ4v) is 3.51. The van der Waals surface area contributed by atoms with Gasteiger partial charge >= 0.3 is 0 Å². The highest BCUT2D eigenvalue weighted by atomic mass is 32.2. The minimum Gasteiger partial charge on any atom is -0.377 e. The van der Waals surface area contributed by atoms with Crippen LogP contribution in [0.3, 0.4) is 0 Å². The third-order valence-electron chi connectivity index (χ3n) is 2.87. The van der Waals surface area contributed by atoms with Crippen molar-refractivity contribution < 1.29 is 13.2 Å². The smallest absolute Gasteiger partial charge is 0.214 e. The quantitative estimate of drug-likeness (QED) is 0.754. The van der Waals surface area contributed by atoms with Crippen LogP contribution in [-0.4, -0.2) is 39.5 Å². The lowest BCUT2D eigenvalue weighted by atomic mass is 9.88. The summed E-state index contributed by atoms with van der Waals surface area (Å²) in [5.74, 6) is 0.0508. The molecule has 0 saturated carbocycles. The van der Waals surface area contributed by atoms with E-state index in [1.165, 1.54) is 0 Å². The van der Waals surface area contributed by atoms with Crippen molar-refractivity contribution in [3.05, 3.63) is 0 Å². The Kier molecular flexibility index (Phi) is 5.58. The molecule has 108 valence electrons. The van der Waals surface area contributed by atoms with Crippen molar-refractivity contribution >= 4 is 10.0 Å². The monoisotopic (exact) mass is 278 g/mol. The summed E-state index contributed by atoms with van der Waals surface area (Å²) >= 11 is 0. The minimum absolute atomic E-state index is 0.0508. The summed E-state index contributed by atoms with van der Waals surface area (Å²) in [6, 6.07) is -0.149. The van der Waals surface area contributed by atoms with Gasteiger partial charge in [0.1, 0.15) is 0 Å². The van der Waals surface area contributed by atoms with E-state index in [-0.39, 0.29) is 23.3 Å². The van der Waals surface area contributed by atoms with Crippen LogP contribution in [0.5, 0.6) is 0 Å². The van der Waals surface area contributed by atoms with Gasteiger partial charge in [0.05, 0.1) is 11.9 Å². The molecule has 0 aliphatic carbocycles. The summed E-state index contributed by atoms with van der Waals surface area (Å²) in [5, 5.41) is 0. The van der Waals surface area contributed by atoms with Crippen LogP contribution in [-0.2, 0) is 14.8 Å². The predicted octanol–water partition coefficient (Wildman–Crippen LogP) is 0.848. The summed E-state index contributed by atoms with van der Waals surface area (Å²) in [6.45, 7) is 7.24. The fraction of sp³-hybridized carbons (Fsp3) is 1.00. The molecule has 1 fully saturated rings. The molecule has 0 aromatic rings. The van der Waals surface area contributed by atoms with E-state index < -0.39 is 10.0 Å². The van der Waals surface area contributed by atoms with Gasteiger partial charge in [0, 0.05) is 19.2 Å². The number of ether oxygens (including phenoxy) is 1. The standard InChI is InChI=1S/C12H26N2O3S/c1-12(2,3)7-10(13)8-14-18(15,16)9-11-5-4-6-17-11/h10-11,14H,4-9,13H2,1-3H3. The van der Waals surface area contributed by atoms with E-state index in [0.29, 0.717) is 13.2 Å².